The van der Waals surface area contributed by atoms with Crippen molar-refractivity contribution >= 4 is 21.6 Å². The van der Waals surface area contributed by atoms with Gasteiger partial charge >= 0.3 is 0 Å². The second kappa shape index (κ2) is 9.77. The second-order valence-electron chi connectivity index (χ2n) is 8.33. The Morgan fingerprint density at radius 3 is 2.09 bits per heavy atom. The number of hydrogen-bond donors (Lipinski definition) is 1. The number of methoxy groups -OCH3 is 1. The summed E-state index contributed by atoms with van der Waals surface area (Å²) in [5, 5.41) is 2.99. The fourth-order valence-corrected chi connectivity index (χ4v) is 4.97. The van der Waals surface area contributed by atoms with Crippen molar-refractivity contribution in [3.05, 3.63) is 88.0 Å². The number of hydrogen-bond acceptors (Lipinski definition) is 4. The van der Waals surface area contributed by atoms with Gasteiger partial charge in [-0.3, -0.25) is 4.79 Å². The van der Waals surface area contributed by atoms with Crippen molar-refractivity contribution in [1.29, 1.82) is 0 Å². The van der Waals surface area contributed by atoms with Crippen molar-refractivity contribution in [3.63, 3.8) is 0 Å². The molecule has 0 aliphatic heterocycles. The van der Waals surface area contributed by atoms with Gasteiger partial charge in [-0.1, -0.05) is 35.4 Å². The third-order valence-corrected chi connectivity index (χ3v) is 7.40. The Balaban J connectivity index is 1.88. The number of nitrogens with zero attached hydrogens (tertiary/aromatic N) is 1. The molecule has 0 fully saturated rings. The molecule has 0 aromatic heterocycles. The van der Waals surface area contributed by atoms with Gasteiger partial charge in [0.05, 0.1) is 12.0 Å². The number of anilines is 1. The number of ether oxygens (including phenoxy) is 1. The molecule has 0 aliphatic rings. The van der Waals surface area contributed by atoms with Crippen LogP contribution in [0.5, 0.6) is 5.75 Å². The molecule has 1 N–H and O–H groups in total. The molecule has 33 heavy (non-hydrogen) atoms. The van der Waals surface area contributed by atoms with Crippen LogP contribution >= 0.6 is 0 Å². The van der Waals surface area contributed by atoms with Crippen LogP contribution in [0, 0.1) is 27.7 Å². The summed E-state index contributed by atoms with van der Waals surface area (Å²) in [6.07, 6.45) is 0. The summed E-state index contributed by atoms with van der Waals surface area (Å²) >= 11 is 0. The number of nitrogens with one attached hydrogen (secondary N) is 1. The highest BCUT2D eigenvalue weighted by Gasteiger charge is 2.23. The molecule has 0 atom stereocenters. The molecule has 1 amide bonds. The highest BCUT2D eigenvalue weighted by Crippen LogP contribution is 2.26. The van der Waals surface area contributed by atoms with E-state index in [4.69, 9.17) is 4.74 Å². The van der Waals surface area contributed by atoms with E-state index in [9.17, 15) is 13.2 Å². The van der Waals surface area contributed by atoms with Crippen molar-refractivity contribution in [2.24, 2.45) is 0 Å². The zero-order chi connectivity index (χ0) is 24.3. The number of carbonyl (C=O) groups is 1. The fourth-order valence-electron chi connectivity index (χ4n) is 3.82. The maximum absolute atomic E-state index is 13.0. The highest BCUT2D eigenvalue weighted by atomic mass is 32.2. The molecular weight excluding hydrogens is 436 g/mol. The van der Waals surface area contributed by atoms with Crippen molar-refractivity contribution in [1.82, 2.24) is 4.31 Å². The monoisotopic (exact) mass is 466 g/mol. The molecule has 0 radical (unpaired) electrons. The van der Waals surface area contributed by atoms with E-state index in [1.54, 1.807) is 42.5 Å². The van der Waals surface area contributed by atoms with Gasteiger partial charge in [0.15, 0.2) is 0 Å². The summed E-state index contributed by atoms with van der Waals surface area (Å²) in [7, 11) is -0.664. The van der Waals surface area contributed by atoms with Crippen LogP contribution < -0.4 is 10.1 Å². The summed E-state index contributed by atoms with van der Waals surface area (Å²) in [5.74, 6) is 0.248. The molecule has 0 spiro atoms. The standard InChI is InChI=1S/C26H30N2O4S/c1-17-7-10-23(11-8-17)33(30,31)28(5)16-22-15-21(9-12-24(22)32-6)26(29)27-25-19(3)13-18(2)14-20(25)4/h7-15H,16H2,1-6H3,(H,27,29). The number of benzene rings is 3. The van der Waals surface area contributed by atoms with E-state index in [1.165, 1.54) is 18.5 Å². The van der Waals surface area contributed by atoms with Crippen LogP contribution in [0.1, 0.15) is 38.2 Å². The summed E-state index contributed by atoms with van der Waals surface area (Å²) in [5.41, 5.74) is 5.88. The van der Waals surface area contributed by atoms with E-state index in [1.807, 2.05) is 39.8 Å². The Kier molecular flexibility index (Phi) is 7.25. The van der Waals surface area contributed by atoms with Crippen LogP contribution in [-0.2, 0) is 16.6 Å². The number of rotatable bonds is 7. The SMILES string of the molecule is COc1ccc(C(=O)Nc2c(C)cc(C)cc2C)cc1CN(C)S(=O)(=O)c1ccc(C)cc1. The summed E-state index contributed by atoms with van der Waals surface area (Å²) in [6, 6.07) is 15.8. The Morgan fingerprint density at radius 2 is 1.52 bits per heavy atom. The van der Waals surface area contributed by atoms with Crippen LogP contribution in [0.4, 0.5) is 5.69 Å². The number of sulfonamides is 1. The molecule has 3 aromatic rings. The van der Waals surface area contributed by atoms with Crippen LogP contribution in [0.25, 0.3) is 0 Å². The van der Waals surface area contributed by atoms with Crippen LogP contribution in [0.2, 0.25) is 0 Å². The minimum absolute atomic E-state index is 0.0586. The quantitative estimate of drug-likeness (QED) is 0.532. The summed E-state index contributed by atoms with van der Waals surface area (Å²) < 4.78 is 32.7. The lowest BCUT2D eigenvalue weighted by molar-refractivity contribution is 0.102. The van der Waals surface area contributed by atoms with Gasteiger partial charge in [-0.25, -0.2) is 8.42 Å². The Bertz CT molecular complexity index is 1260. The highest BCUT2D eigenvalue weighted by molar-refractivity contribution is 7.89. The molecule has 6 nitrogen and oxygen atoms in total. The van der Waals surface area contributed by atoms with Gasteiger partial charge in [0, 0.05) is 30.4 Å². The molecule has 0 heterocycles. The lowest BCUT2D eigenvalue weighted by atomic mass is 10.0. The van der Waals surface area contributed by atoms with Crippen molar-refractivity contribution in [2.45, 2.75) is 39.1 Å². The lowest BCUT2D eigenvalue weighted by Crippen LogP contribution is -2.27. The number of amides is 1. The number of carbonyl (C=O) groups excluding carboxylic acids is 1. The zero-order valence-electron chi connectivity index (χ0n) is 19.9. The van der Waals surface area contributed by atoms with Gasteiger partial charge in [-0.05, 0) is 69.2 Å². The predicted molar refractivity (Wildman–Crippen MR) is 131 cm³/mol. The summed E-state index contributed by atoms with van der Waals surface area (Å²) in [6.45, 7) is 7.90. The van der Waals surface area contributed by atoms with Crippen molar-refractivity contribution in [3.8, 4) is 5.75 Å². The van der Waals surface area contributed by atoms with Gasteiger partial charge in [-0.2, -0.15) is 4.31 Å². The average Bonchev–Trinajstić information content (AvgIpc) is 2.76. The van der Waals surface area contributed by atoms with E-state index in [0.717, 1.165) is 27.9 Å². The smallest absolute Gasteiger partial charge is 0.255 e. The van der Waals surface area contributed by atoms with Crippen LogP contribution in [0.3, 0.4) is 0 Å². The molecule has 3 rings (SSSR count). The first kappa shape index (κ1) is 24.5. The van der Waals surface area contributed by atoms with E-state index >= 15 is 0 Å². The third-order valence-electron chi connectivity index (χ3n) is 5.58. The largest absolute Gasteiger partial charge is 0.496 e. The predicted octanol–water partition coefficient (Wildman–Crippen LogP) is 5.00. The zero-order valence-corrected chi connectivity index (χ0v) is 20.7. The molecule has 174 valence electrons. The van der Waals surface area contributed by atoms with Gasteiger partial charge in [0.2, 0.25) is 10.0 Å². The first-order chi connectivity index (χ1) is 15.5. The molecule has 0 aliphatic carbocycles. The van der Waals surface area contributed by atoms with Crippen LogP contribution in [0.15, 0.2) is 59.5 Å². The van der Waals surface area contributed by atoms with Gasteiger partial charge < -0.3 is 10.1 Å². The molecule has 0 unspecified atom stereocenters. The molecule has 3 aromatic carbocycles. The van der Waals surface area contributed by atoms with E-state index in [2.05, 4.69) is 5.32 Å². The van der Waals surface area contributed by atoms with Gasteiger partial charge in [0.25, 0.3) is 5.91 Å². The Morgan fingerprint density at radius 1 is 0.909 bits per heavy atom. The minimum atomic E-state index is -3.70. The first-order valence-corrected chi connectivity index (χ1v) is 12.1. The Labute approximate surface area is 196 Å². The third kappa shape index (κ3) is 5.43. The van der Waals surface area contributed by atoms with E-state index in [-0.39, 0.29) is 17.3 Å². The number of aryl methyl sites for hydroxylation is 4. The normalized spacial score (nSPS) is 11.5. The first-order valence-electron chi connectivity index (χ1n) is 10.6. The average molecular weight is 467 g/mol. The topological polar surface area (TPSA) is 75.7 Å². The molecule has 0 saturated carbocycles. The van der Waals surface area contributed by atoms with E-state index in [0.29, 0.717) is 16.9 Å². The maximum Gasteiger partial charge on any atom is 0.255 e. The molecule has 7 heteroatoms. The second-order valence-corrected chi connectivity index (χ2v) is 10.4. The molecule has 0 saturated heterocycles. The summed E-state index contributed by atoms with van der Waals surface area (Å²) in [4.78, 5) is 13.2. The maximum atomic E-state index is 13.0. The minimum Gasteiger partial charge on any atom is -0.496 e. The van der Waals surface area contributed by atoms with Gasteiger partial charge in [0.1, 0.15) is 5.75 Å². The van der Waals surface area contributed by atoms with Crippen LogP contribution in [-0.4, -0.2) is 32.8 Å². The van der Waals surface area contributed by atoms with E-state index < -0.39 is 10.0 Å². The lowest BCUT2D eigenvalue weighted by Gasteiger charge is -2.20. The van der Waals surface area contributed by atoms with Crippen molar-refractivity contribution < 1.29 is 17.9 Å². The molecular formula is C26H30N2O4S. The van der Waals surface area contributed by atoms with Crippen molar-refractivity contribution in [2.75, 3.05) is 19.5 Å². The fraction of sp³-hybridized carbons (Fsp3) is 0.269. The van der Waals surface area contributed by atoms with Gasteiger partial charge in [-0.15, -0.1) is 0 Å². The molecule has 0 bridgehead atoms. The Hall–Kier alpha value is -3.16.